The van der Waals surface area contributed by atoms with Gasteiger partial charge in [-0.3, -0.25) is 4.39 Å². The second-order valence-corrected chi connectivity index (χ2v) is 3.14. The minimum absolute atomic E-state index is 0.489. The molecular formula is C10H11ClFO. The van der Waals surface area contributed by atoms with Gasteiger partial charge in [-0.05, 0) is 6.07 Å². The highest BCUT2D eigenvalue weighted by Gasteiger charge is 2.13. The number of rotatable bonds is 3. The highest BCUT2D eigenvalue weighted by atomic mass is 35.5. The largest absolute Gasteiger partial charge is 0.495 e. The number of para-hydroxylation sites is 1. The molecule has 1 nitrogen and oxygen atoms in total. The van der Waals surface area contributed by atoms with Crippen LogP contribution in [0.3, 0.4) is 0 Å². The van der Waals surface area contributed by atoms with Crippen LogP contribution in [-0.4, -0.2) is 13.8 Å². The molecule has 1 rings (SSSR count). The van der Waals surface area contributed by atoms with Crippen LogP contribution in [0.15, 0.2) is 18.2 Å². The molecule has 0 spiro atoms. The van der Waals surface area contributed by atoms with Gasteiger partial charge in [-0.1, -0.05) is 30.7 Å². The van der Waals surface area contributed by atoms with Gasteiger partial charge in [0.2, 0.25) is 0 Å². The zero-order valence-electron chi connectivity index (χ0n) is 7.60. The molecule has 0 N–H and O–H groups in total. The maximum absolute atomic E-state index is 12.4. The molecule has 0 saturated heterocycles. The molecule has 1 radical (unpaired) electrons. The molecule has 3 heteroatoms. The average Bonchev–Trinajstić information content (AvgIpc) is 2.16. The topological polar surface area (TPSA) is 9.23 Å². The lowest BCUT2D eigenvalue weighted by atomic mass is 10.0. The summed E-state index contributed by atoms with van der Waals surface area (Å²) in [5.74, 6) is 1.17. The molecule has 0 aliphatic heterocycles. The van der Waals surface area contributed by atoms with E-state index in [1.807, 2.05) is 0 Å². The van der Waals surface area contributed by atoms with Crippen molar-refractivity contribution in [3.05, 3.63) is 34.7 Å². The van der Waals surface area contributed by atoms with E-state index in [4.69, 9.17) is 16.3 Å². The summed E-state index contributed by atoms with van der Waals surface area (Å²) in [6, 6.07) is 5.29. The molecule has 0 aliphatic carbocycles. The number of alkyl halides is 1. The van der Waals surface area contributed by atoms with Gasteiger partial charge in [0.15, 0.2) is 0 Å². The van der Waals surface area contributed by atoms with Crippen LogP contribution in [0.25, 0.3) is 0 Å². The molecule has 0 atom stereocenters. The van der Waals surface area contributed by atoms with Crippen LogP contribution in [0.1, 0.15) is 12.5 Å². The summed E-state index contributed by atoms with van der Waals surface area (Å²) in [7, 11) is 1.52. The maximum Gasteiger partial charge on any atom is 0.141 e. The third kappa shape index (κ3) is 2.13. The van der Waals surface area contributed by atoms with Crippen molar-refractivity contribution >= 4 is 11.6 Å². The van der Waals surface area contributed by atoms with E-state index in [1.54, 1.807) is 25.1 Å². The zero-order valence-corrected chi connectivity index (χ0v) is 8.36. The Labute approximate surface area is 82.5 Å². The second kappa shape index (κ2) is 4.47. The zero-order chi connectivity index (χ0) is 9.84. The Bertz CT molecular complexity index is 288. The van der Waals surface area contributed by atoms with Crippen molar-refractivity contribution in [3.8, 4) is 5.75 Å². The molecule has 71 valence electrons. The van der Waals surface area contributed by atoms with Crippen molar-refractivity contribution < 1.29 is 9.13 Å². The molecule has 0 aliphatic rings. The molecule has 0 saturated carbocycles. The van der Waals surface area contributed by atoms with Crippen LogP contribution >= 0.6 is 11.6 Å². The molecule has 0 bridgehead atoms. The predicted molar refractivity (Wildman–Crippen MR) is 52.0 cm³/mol. The van der Waals surface area contributed by atoms with E-state index in [1.165, 1.54) is 7.11 Å². The van der Waals surface area contributed by atoms with Crippen molar-refractivity contribution in [1.29, 1.82) is 0 Å². The van der Waals surface area contributed by atoms with Gasteiger partial charge in [0.05, 0.1) is 18.8 Å². The summed E-state index contributed by atoms with van der Waals surface area (Å²) in [5.41, 5.74) is 0.734. The number of benzene rings is 1. The Morgan fingerprint density at radius 2 is 2.23 bits per heavy atom. The summed E-state index contributed by atoms with van der Waals surface area (Å²) < 4.78 is 17.5. The summed E-state index contributed by atoms with van der Waals surface area (Å²) in [5, 5.41) is 0.507. The molecule has 1 aromatic rings. The summed E-state index contributed by atoms with van der Waals surface area (Å²) in [6.07, 6.45) is 0. The van der Waals surface area contributed by atoms with E-state index >= 15 is 0 Å². The Hall–Kier alpha value is -0.760. The van der Waals surface area contributed by atoms with Gasteiger partial charge in [-0.25, -0.2) is 0 Å². The number of halogens is 2. The lowest BCUT2D eigenvalue weighted by Crippen LogP contribution is -2.00. The average molecular weight is 202 g/mol. The lowest BCUT2D eigenvalue weighted by molar-refractivity contribution is 0.408. The van der Waals surface area contributed by atoms with Crippen LogP contribution in [-0.2, 0) is 0 Å². The molecule has 13 heavy (non-hydrogen) atoms. The summed E-state index contributed by atoms with van der Waals surface area (Å²) in [4.78, 5) is 0. The van der Waals surface area contributed by atoms with E-state index in [-0.39, 0.29) is 0 Å². The van der Waals surface area contributed by atoms with E-state index in [0.29, 0.717) is 16.7 Å². The molecule has 1 aromatic carbocycles. The van der Waals surface area contributed by atoms with Crippen LogP contribution in [0.4, 0.5) is 4.39 Å². The predicted octanol–water partition coefficient (Wildman–Crippen LogP) is 3.26. The fraction of sp³-hybridized carbons (Fsp3) is 0.300. The molecular weight excluding hydrogens is 191 g/mol. The molecule has 0 fully saturated rings. The normalized spacial score (nSPS) is 10.5. The van der Waals surface area contributed by atoms with Gasteiger partial charge >= 0.3 is 0 Å². The minimum Gasteiger partial charge on any atom is -0.495 e. The van der Waals surface area contributed by atoms with Crippen LogP contribution < -0.4 is 4.74 Å². The highest BCUT2D eigenvalue weighted by Crippen LogP contribution is 2.32. The summed E-state index contributed by atoms with van der Waals surface area (Å²) in [6.45, 7) is 1.23. The lowest BCUT2D eigenvalue weighted by Gasteiger charge is -2.12. The van der Waals surface area contributed by atoms with Crippen LogP contribution in [0, 0.1) is 5.92 Å². The Balaban J connectivity index is 3.12. The van der Waals surface area contributed by atoms with Crippen molar-refractivity contribution in [2.45, 2.75) is 6.92 Å². The first-order chi connectivity index (χ1) is 6.20. The van der Waals surface area contributed by atoms with Crippen molar-refractivity contribution in [2.75, 3.05) is 13.8 Å². The van der Waals surface area contributed by atoms with Gasteiger partial charge in [0.25, 0.3) is 0 Å². The van der Waals surface area contributed by atoms with Crippen molar-refractivity contribution in [3.63, 3.8) is 0 Å². The number of hydrogen-bond donors (Lipinski definition) is 0. The number of ether oxygens (including phenoxy) is 1. The standard InChI is InChI=1S/C10H11ClFO/c1-7(6-12)8-4-3-5-9(11)10(8)13-2/h3-5H,6H2,1-2H3. The monoisotopic (exact) mass is 201 g/mol. The molecule has 0 unspecified atom stereocenters. The van der Waals surface area contributed by atoms with Crippen LogP contribution in [0.2, 0.25) is 5.02 Å². The van der Waals surface area contributed by atoms with Crippen LogP contribution in [0.5, 0.6) is 5.75 Å². The van der Waals surface area contributed by atoms with Gasteiger partial charge in [0.1, 0.15) is 5.75 Å². The second-order valence-electron chi connectivity index (χ2n) is 2.73. The third-order valence-corrected chi connectivity index (χ3v) is 2.13. The molecule has 0 amide bonds. The minimum atomic E-state index is -0.489. The van der Waals surface area contributed by atoms with E-state index in [9.17, 15) is 4.39 Å². The van der Waals surface area contributed by atoms with Gasteiger partial charge < -0.3 is 4.74 Å². The fourth-order valence-electron chi connectivity index (χ4n) is 1.12. The molecule has 0 aromatic heterocycles. The maximum atomic E-state index is 12.4. The van der Waals surface area contributed by atoms with E-state index in [2.05, 4.69) is 0 Å². The van der Waals surface area contributed by atoms with Crippen molar-refractivity contribution in [2.24, 2.45) is 0 Å². The Morgan fingerprint density at radius 1 is 1.54 bits per heavy atom. The first-order valence-corrected chi connectivity index (χ1v) is 4.29. The van der Waals surface area contributed by atoms with E-state index < -0.39 is 6.67 Å². The Kier molecular flexibility index (Phi) is 3.55. The quantitative estimate of drug-likeness (QED) is 0.730. The molecule has 0 heterocycles. The smallest absolute Gasteiger partial charge is 0.141 e. The SMILES string of the molecule is COc1c(Cl)cccc1[C](C)CF. The van der Waals surface area contributed by atoms with Crippen molar-refractivity contribution in [1.82, 2.24) is 0 Å². The first kappa shape index (κ1) is 10.3. The summed E-state index contributed by atoms with van der Waals surface area (Å²) >= 11 is 5.87. The van der Waals surface area contributed by atoms with Gasteiger partial charge in [-0.15, -0.1) is 0 Å². The number of hydrogen-bond acceptors (Lipinski definition) is 1. The fourth-order valence-corrected chi connectivity index (χ4v) is 1.38. The van der Waals surface area contributed by atoms with Gasteiger partial charge in [0, 0.05) is 11.5 Å². The Morgan fingerprint density at radius 3 is 2.77 bits per heavy atom. The van der Waals surface area contributed by atoms with Gasteiger partial charge in [-0.2, -0.15) is 0 Å². The van der Waals surface area contributed by atoms with E-state index in [0.717, 1.165) is 5.56 Å². The third-order valence-electron chi connectivity index (χ3n) is 1.83. The highest BCUT2D eigenvalue weighted by molar-refractivity contribution is 6.32. The number of methoxy groups -OCH3 is 1. The first-order valence-electron chi connectivity index (χ1n) is 3.92.